The molecule has 0 aliphatic carbocycles. The van der Waals surface area contributed by atoms with Crippen molar-refractivity contribution in [3.05, 3.63) is 69.1 Å². The summed E-state index contributed by atoms with van der Waals surface area (Å²) in [5, 5.41) is 5.69. The van der Waals surface area contributed by atoms with Gasteiger partial charge in [-0.05, 0) is 39.8 Å². The summed E-state index contributed by atoms with van der Waals surface area (Å²) < 4.78 is 12.7. The summed E-state index contributed by atoms with van der Waals surface area (Å²) >= 11 is 7.58. The predicted molar refractivity (Wildman–Crippen MR) is 128 cm³/mol. The molecule has 1 aromatic carbocycles. The van der Waals surface area contributed by atoms with E-state index in [1.807, 2.05) is 28.1 Å². The van der Waals surface area contributed by atoms with E-state index in [1.165, 1.54) is 11.3 Å². The van der Waals surface area contributed by atoms with Crippen LogP contribution in [0.3, 0.4) is 0 Å². The number of hydrogen-bond acceptors (Lipinski definition) is 7. The molecule has 0 bridgehead atoms. The van der Waals surface area contributed by atoms with E-state index in [4.69, 9.17) is 26.1 Å². The van der Waals surface area contributed by atoms with Gasteiger partial charge >= 0.3 is 11.9 Å². The number of imidazole rings is 1. The van der Waals surface area contributed by atoms with Gasteiger partial charge in [0.2, 0.25) is 0 Å². The second-order valence-electron chi connectivity index (χ2n) is 7.48. The van der Waals surface area contributed by atoms with E-state index in [0.29, 0.717) is 39.0 Å². The van der Waals surface area contributed by atoms with Crippen LogP contribution in [-0.4, -0.2) is 34.5 Å². The van der Waals surface area contributed by atoms with E-state index in [0.717, 1.165) is 10.5 Å². The number of thiazole rings is 1. The van der Waals surface area contributed by atoms with E-state index in [-0.39, 0.29) is 13.2 Å². The van der Waals surface area contributed by atoms with Crippen molar-refractivity contribution in [1.82, 2.24) is 14.7 Å². The van der Waals surface area contributed by atoms with E-state index >= 15 is 0 Å². The van der Waals surface area contributed by atoms with Crippen molar-refractivity contribution in [3.8, 4) is 11.3 Å². The van der Waals surface area contributed by atoms with Gasteiger partial charge in [0, 0.05) is 33.6 Å². The number of ether oxygens (including phenoxy) is 2. The molecule has 0 saturated carbocycles. The Labute approximate surface area is 200 Å². The van der Waals surface area contributed by atoms with Crippen LogP contribution in [0.4, 0.5) is 0 Å². The third-order valence-corrected chi connectivity index (χ3v) is 6.45. The van der Waals surface area contributed by atoms with E-state index in [1.54, 1.807) is 39.8 Å². The minimum atomic E-state index is -0.736. The first-order valence-corrected chi connectivity index (χ1v) is 11.9. The Morgan fingerprint density at radius 3 is 2.18 bits per heavy atom. The lowest BCUT2D eigenvalue weighted by Crippen LogP contribution is -2.33. The largest absolute Gasteiger partial charge is 0.463 e. The summed E-state index contributed by atoms with van der Waals surface area (Å²) in [6.07, 6.45) is 1.89. The highest BCUT2D eigenvalue weighted by Gasteiger charge is 2.41. The molecule has 4 rings (SSSR count). The van der Waals surface area contributed by atoms with Crippen molar-refractivity contribution in [2.24, 2.45) is 0 Å². The molecule has 0 radical (unpaired) electrons. The van der Waals surface area contributed by atoms with Gasteiger partial charge in [0.15, 0.2) is 4.96 Å². The number of aromatic nitrogens is 2. The number of rotatable bonds is 6. The number of halogens is 1. The van der Waals surface area contributed by atoms with Gasteiger partial charge in [-0.25, -0.2) is 14.6 Å². The van der Waals surface area contributed by atoms with Gasteiger partial charge in [-0.1, -0.05) is 23.7 Å². The van der Waals surface area contributed by atoms with Crippen molar-refractivity contribution < 1.29 is 19.1 Å². The number of carbonyl (C=O) groups excluding carboxylic acids is 2. The maximum atomic E-state index is 13.2. The van der Waals surface area contributed by atoms with Gasteiger partial charge in [-0.2, -0.15) is 0 Å². The first-order valence-electron chi connectivity index (χ1n) is 10.6. The number of esters is 2. The Morgan fingerprint density at radius 2 is 1.64 bits per heavy atom. The van der Waals surface area contributed by atoms with E-state index in [2.05, 4.69) is 5.32 Å². The lowest BCUT2D eigenvalue weighted by molar-refractivity contribution is -0.139. The Balaban J connectivity index is 2.03. The van der Waals surface area contributed by atoms with Crippen molar-refractivity contribution in [2.45, 2.75) is 33.6 Å². The zero-order valence-corrected chi connectivity index (χ0v) is 20.3. The molecule has 0 amide bonds. The average molecular weight is 486 g/mol. The molecule has 7 nitrogen and oxygen atoms in total. The van der Waals surface area contributed by atoms with Crippen LogP contribution in [0.15, 0.2) is 58.4 Å². The molecule has 2 aromatic heterocycles. The monoisotopic (exact) mass is 485 g/mol. The molecule has 9 heteroatoms. The summed E-state index contributed by atoms with van der Waals surface area (Å²) in [6, 6.07) is 7.33. The van der Waals surface area contributed by atoms with Crippen LogP contribution in [0.2, 0.25) is 5.02 Å². The number of benzene rings is 1. The Morgan fingerprint density at radius 1 is 1.06 bits per heavy atom. The van der Waals surface area contributed by atoms with Crippen LogP contribution in [-0.2, 0) is 19.1 Å². The van der Waals surface area contributed by atoms with Crippen molar-refractivity contribution in [1.29, 1.82) is 0 Å². The molecule has 33 heavy (non-hydrogen) atoms. The molecule has 0 spiro atoms. The third-order valence-electron chi connectivity index (χ3n) is 5.44. The fourth-order valence-electron chi connectivity index (χ4n) is 4.13. The zero-order valence-electron chi connectivity index (χ0n) is 18.8. The second kappa shape index (κ2) is 9.41. The number of nitrogens with zero attached hydrogens (tertiary/aromatic N) is 2. The first kappa shape index (κ1) is 23.1. The Bertz CT molecular complexity index is 1250. The van der Waals surface area contributed by atoms with Crippen molar-refractivity contribution in [3.63, 3.8) is 0 Å². The quantitative estimate of drug-likeness (QED) is 0.490. The molecule has 0 fully saturated rings. The zero-order chi connectivity index (χ0) is 23.7. The molecule has 1 aliphatic heterocycles. The van der Waals surface area contributed by atoms with Gasteiger partial charge in [-0.15, -0.1) is 11.3 Å². The highest BCUT2D eigenvalue weighted by Crippen LogP contribution is 2.44. The Hall–Kier alpha value is -3.10. The van der Waals surface area contributed by atoms with Crippen molar-refractivity contribution >= 4 is 39.8 Å². The van der Waals surface area contributed by atoms with Gasteiger partial charge in [0.1, 0.15) is 0 Å². The number of fused-ring (bicyclic) bond motifs is 1. The van der Waals surface area contributed by atoms with Crippen LogP contribution < -0.4 is 5.32 Å². The van der Waals surface area contributed by atoms with Crippen LogP contribution in [0.1, 0.15) is 39.3 Å². The fraction of sp³-hybridized carbons (Fsp3) is 0.292. The molecular formula is C24H24ClN3O4S. The normalized spacial score (nSPS) is 14.6. The highest BCUT2D eigenvalue weighted by atomic mass is 35.5. The average Bonchev–Trinajstić information content (AvgIpc) is 3.35. The topological polar surface area (TPSA) is 81.9 Å². The summed E-state index contributed by atoms with van der Waals surface area (Å²) in [5.74, 6) is -1.72. The molecule has 1 N–H and O–H groups in total. The molecule has 172 valence electrons. The van der Waals surface area contributed by atoms with Crippen LogP contribution in [0.5, 0.6) is 0 Å². The van der Waals surface area contributed by atoms with Crippen LogP contribution >= 0.6 is 22.9 Å². The van der Waals surface area contributed by atoms with E-state index in [9.17, 15) is 9.59 Å². The molecule has 0 unspecified atom stereocenters. The standard InChI is InChI=1S/C24H24ClN3O4S/c1-5-31-22(29)17-13(3)26-14(4)18(23(30)32-6-2)19(17)21-20(15-7-9-16(25)10-8-15)27-24-28(21)11-12-33-24/h7-12,19,26H,5-6H2,1-4H3. The van der Waals surface area contributed by atoms with Gasteiger partial charge in [0.25, 0.3) is 0 Å². The van der Waals surface area contributed by atoms with Crippen molar-refractivity contribution in [2.75, 3.05) is 13.2 Å². The summed E-state index contributed by atoms with van der Waals surface area (Å²) in [5.41, 5.74) is 4.13. The molecular weight excluding hydrogens is 462 g/mol. The lowest BCUT2D eigenvalue weighted by Gasteiger charge is -2.30. The Kier molecular flexibility index (Phi) is 6.58. The minimum absolute atomic E-state index is 0.212. The predicted octanol–water partition coefficient (Wildman–Crippen LogP) is 5.08. The number of allylic oxidation sites excluding steroid dienone is 2. The minimum Gasteiger partial charge on any atom is -0.463 e. The van der Waals surface area contributed by atoms with E-state index < -0.39 is 17.9 Å². The number of carbonyl (C=O) groups is 2. The number of dihydropyridines is 1. The molecule has 0 atom stereocenters. The summed E-state index contributed by atoms with van der Waals surface area (Å²) in [4.78, 5) is 31.9. The van der Waals surface area contributed by atoms with Gasteiger partial charge < -0.3 is 14.8 Å². The van der Waals surface area contributed by atoms with Gasteiger partial charge in [0.05, 0.1) is 41.7 Å². The smallest absolute Gasteiger partial charge is 0.336 e. The SMILES string of the molecule is CCOC(=O)C1=C(C)NC(C)=C(C(=O)OCC)C1c1c(-c2ccc(Cl)cc2)nc2sccn12. The summed E-state index contributed by atoms with van der Waals surface area (Å²) in [6.45, 7) is 7.54. The lowest BCUT2D eigenvalue weighted by atomic mass is 9.81. The number of nitrogens with one attached hydrogen (secondary N) is 1. The molecule has 1 aliphatic rings. The fourth-order valence-corrected chi connectivity index (χ4v) is 4.97. The maximum absolute atomic E-state index is 13.2. The molecule has 3 heterocycles. The first-order chi connectivity index (χ1) is 15.9. The van der Waals surface area contributed by atoms with Crippen LogP contribution in [0, 0.1) is 0 Å². The number of hydrogen-bond donors (Lipinski definition) is 1. The molecule has 0 saturated heterocycles. The second-order valence-corrected chi connectivity index (χ2v) is 8.79. The third kappa shape index (κ3) is 4.16. The molecule has 3 aromatic rings. The maximum Gasteiger partial charge on any atom is 0.336 e. The van der Waals surface area contributed by atoms with Crippen LogP contribution in [0.25, 0.3) is 16.2 Å². The van der Waals surface area contributed by atoms with Gasteiger partial charge in [-0.3, -0.25) is 4.40 Å². The summed E-state index contributed by atoms with van der Waals surface area (Å²) in [7, 11) is 0. The highest BCUT2D eigenvalue weighted by molar-refractivity contribution is 7.15.